The highest BCUT2D eigenvalue weighted by Gasteiger charge is 2.20. The van der Waals surface area contributed by atoms with Gasteiger partial charge >= 0.3 is 0 Å². The number of ether oxygens (including phenoxy) is 4. The Hall–Kier alpha value is -2.93. The Bertz CT molecular complexity index is 798. The first-order valence-corrected chi connectivity index (χ1v) is 9.43. The lowest BCUT2D eigenvalue weighted by Gasteiger charge is -2.22. The van der Waals surface area contributed by atoms with E-state index in [9.17, 15) is 4.79 Å². The van der Waals surface area contributed by atoms with Crippen LogP contribution in [0.5, 0.6) is 23.0 Å². The number of carbonyl (C=O) groups is 1. The van der Waals surface area contributed by atoms with E-state index in [-0.39, 0.29) is 18.4 Å². The lowest BCUT2D eigenvalue weighted by atomic mass is 10.1. The number of carbonyl (C=O) groups excluding carboxylic acids is 1. The third-order valence-electron chi connectivity index (χ3n) is 4.79. The van der Waals surface area contributed by atoms with Crippen molar-refractivity contribution in [2.45, 2.75) is 12.5 Å². The number of likely N-dealkylation sites (N-methyl/N-ethyl adjacent to an activating group) is 1. The van der Waals surface area contributed by atoms with Crippen LogP contribution in [0, 0.1) is 0 Å². The monoisotopic (exact) mass is 403 g/mol. The van der Waals surface area contributed by atoms with E-state index in [0.717, 1.165) is 16.9 Å². The summed E-state index contributed by atoms with van der Waals surface area (Å²) in [5.74, 6) is 2.29. The van der Waals surface area contributed by atoms with Crippen molar-refractivity contribution in [2.24, 2.45) is 0 Å². The van der Waals surface area contributed by atoms with Crippen molar-refractivity contribution < 1.29 is 28.6 Å². The Morgan fingerprint density at radius 1 is 0.966 bits per heavy atom. The molecule has 0 bridgehead atoms. The summed E-state index contributed by atoms with van der Waals surface area (Å²) in [4.78, 5) is 13.8. The maximum atomic E-state index is 12.6. The second-order valence-electron chi connectivity index (χ2n) is 6.92. The van der Waals surface area contributed by atoms with E-state index in [1.807, 2.05) is 24.3 Å². The van der Waals surface area contributed by atoms with E-state index < -0.39 is 0 Å². The van der Waals surface area contributed by atoms with Crippen molar-refractivity contribution in [3.05, 3.63) is 47.5 Å². The van der Waals surface area contributed by atoms with Crippen LogP contribution in [0.15, 0.2) is 36.4 Å². The summed E-state index contributed by atoms with van der Waals surface area (Å²) in [6, 6.07) is 11.6. The molecule has 0 aromatic heterocycles. The second kappa shape index (κ2) is 10.6. The average Bonchev–Trinajstić information content (AvgIpc) is 2.72. The molecular weight excluding hydrogens is 372 g/mol. The van der Waals surface area contributed by atoms with Crippen LogP contribution in [0.4, 0.5) is 0 Å². The summed E-state index contributed by atoms with van der Waals surface area (Å²) < 4.78 is 21.4. The van der Waals surface area contributed by atoms with Gasteiger partial charge in [0, 0.05) is 5.56 Å². The molecule has 0 aliphatic heterocycles. The zero-order valence-corrected chi connectivity index (χ0v) is 18.0. The van der Waals surface area contributed by atoms with E-state index >= 15 is 0 Å². The Morgan fingerprint density at radius 2 is 1.62 bits per heavy atom. The predicted molar refractivity (Wildman–Crippen MR) is 111 cm³/mol. The zero-order valence-electron chi connectivity index (χ0n) is 18.0. The predicted octanol–water partition coefficient (Wildman–Crippen LogP) is 1.27. The molecule has 2 N–H and O–H groups in total. The van der Waals surface area contributed by atoms with Crippen LogP contribution in [0.3, 0.4) is 0 Å². The van der Waals surface area contributed by atoms with Gasteiger partial charge in [-0.15, -0.1) is 0 Å². The highest BCUT2D eigenvalue weighted by atomic mass is 16.5. The molecule has 2 aromatic carbocycles. The molecule has 0 radical (unpaired) electrons. The third-order valence-corrected chi connectivity index (χ3v) is 4.79. The number of hydrogen-bond donors (Lipinski definition) is 2. The van der Waals surface area contributed by atoms with Gasteiger partial charge in [-0.3, -0.25) is 4.79 Å². The van der Waals surface area contributed by atoms with Gasteiger partial charge in [0.2, 0.25) is 11.7 Å². The molecule has 2 rings (SSSR count). The van der Waals surface area contributed by atoms with Crippen molar-refractivity contribution in [3.63, 3.8) is 0 Å². The highest BCUT2D eigenvalue weighted by molar-refractivity contribution is 5.79. The van der Waals surface area contributed by atoms with E-state index in [1.165, 1.54) is 4.90 Å². The minimum atomic E-state index is -0.0755. The van der Waals surface area contributed by atoms with Gasteiger partial charge in [-0.1, -0.05) is 12.1 Å². The normalized spacial score (nSPS) is 11.7. The Balaban J connectivity index is 2.09. The maximum Gasteiger partial charge on any atom is 0.224 e. The molecule has 0 aliphatic carbocycles. The van der Waals surface area contributed by atoms with Crippen molar-refractivity contribution in [1.29, 1.82) is 0 Å². The van der Waals surface area contributed by atoms with Gasteiger partial charge in [0.15, 0.2) is 11.5 Å². The second-order valence-corrected chi connectivity index (χ2v) is 6.92. The summed E-state index contributed by atoms with van der Waals surface area (Å²) in [5.41, 5.74) is 1.89. The molecular formula is C22H31N2O5+. The maximum absolute atomic E-state index is 12.6. The van der Waals surface area contributed by atoms with Crippen molar-refractivity contribution in [1.82, 2.24) is 5.32 Å². The summed E-state index contributed by atoms with van der Waals surface area (Å²) >= 11 is 0. The summed E-state index contributed by atoms with van der Waals surface area (Å²) in [5, 5.41) is 3.04. The number of quaternary nitrogens is 1. The van der Waals surface area contributed by atoms with Crippen molar-refractivity contribution >= 4 is 5.91 Å². The van der Waals surface area contributed by atoms with Gasteiger partial charge in [0.1, 0.15) is 11.8 Å². The van der Waals surface area contributed by atoms with Crippen LogP contribution in [-0.2, 0) is 11.2 Å². The lowest BCUT2D eigenvalue weighted by molar-refractivity contribution is -0.890. The van der Waals surface area contributed by atoms with Gasteiger partial charge in [-0.25, -0.2) is 0 Å². The van der Waals surface area contributed by atoms with Crippen LogP contribution in [-0.4, -0.2) is 55.0 Å². The molecule has 1 atom stereocenters. The molecule has 29 heavy (non-hydrogen) atoms. The number of hydrogen-bond acceptors (Lipinski definition) is 5. The van der Waals surface area contributed by atoms with Gasteiger partial charge in [0.05, 0.1) is 55.5 Å². The fourth-order valence-corrected chi connectivity index (χ4v) is 3.21. The number of rotatable bonds is 10. The Kier molecular flexibility index (Phi) is 8.15. The minimum absolute atomic E-state index is 0.0755. The standard InChI is InChI=1S/C22H30N2O5/c1-24(2)18(16-8-7-9-17(13-16)26-3)14-23-21(25)12-15-10-19(27-4)22(29-6)20(11-15)28-5/h7-11,13,18H,12,14H2,1-6H3,(H,23,25)/p+1/t18-/m1/s1. The van der Waals surface area contributed by atoms with Crippen LogP contribution < -0.4 is 29.2 Å². The fraction of sp³-hybridized carbons (Fsp3) is 0.409. The Labute approximate surface area is 172 Å². The van der Waals surface area contributed by atoms with Crippen LogP contribution in [0.2, 0.25) is 0 Å². The van der Waals surface area contributed by atoms with E-state index in [1.54, 1.807) is 40.6 Å². The highest BCUT2D eigenvalue weighted by Crippen LogP contribution is 2.38. The number of nitrogens with one attached hydrogen (secondary N) is 2. The summed E-state index contributed by atoms with van der Waals surface area (Å²) in [7, 11) is 10.4. The topological polar surface area (TPSA) is 70.5 Å². The Morgan fingerprint density at radius 3 is 2.14 bits per heavy atom. The van der Waals surface area contributed by atoms with Gasteiger partial charge < -0.3 is 29.2 Å². The third kappa shape index (κ3) is 5.77. The number of methoxy groups -OCH3 is 4. The lowest BCUT2D eigenvalue weighted by Crippen LogP contribution is -3.07. The van der Waals surface area contributed by atoms with Crippen LogP contribution in [0.1, 0.15) is 17.2 Å². The van der Waals surface area contributed by atoms with Crippen molar-refractivity contribution in [3.8, 4) is 23.0 Å². The summed E-state index contributed by atoms with van der Waals surface area (Å²) in [6.07, 6.45) is 0.213. The quantitative estimate of drug-likeness (QED) is 0.625. The minimum Gasteiger partial charge on any atom is -0.497 e. The molecule has 0 spiro atoms. The first-order chi connectivity index (χ1) is 13.9. The molecule has 7 nitrogen and oxygen atoms in total. The largest absolute Gasteiger partial charge is 0.497 e. The molecule has 0 fully saturated rings. The van der Waals surface area contributed by atoms with E-state index in [4.69, 9.17) is 18.9 Å². The molecule has 7 heteroatoms. The van der Waals surface area contributed by atoms with Gasteiger partial charge in [-0.05, 0) is 29.8 Å². The first-order valence-electron chi connectivity index (χ1n) is 9.43. The molecule has 2 aromatic rings. The van der Waals surface area contributed by atoms with E-state index in [2.05, 4.69) is 19.4 Å². The SMILES string of the molecule is COc1cccc([C@@H](CNC(=O)Cc2cc(OC)c(OC)c(OC)c2)[NH+](C)C)c1. The van der Waals surface area contributed by atoms with Gasteiger partial charge in [-0.2, -0.15) is 0 Å². The smallest absolute Gasteiger partial charge is 0.224 e. The molecule has 0 unspecified atom stereocenters. The zero-order chi connectivity index (χ0) is 21.4. The molecule has 0 saturated heterocycles. The van der Waals surface area contributed by atoms with E-state index in [0.29, 0.717) is 23.8 Å². The van der Waals surface area contributed by atoms with Gasteiger partial charge in [0.25, 0.3) is 0 Å². The van der Waals surface area contributed by atoms with Crippen molar-refractivity contribution in [2.75, 3.05) is 49.1 Å². The fourth-order valence-electron chi connectivity index (χ4n) is 3.21. The molecule has 0 saturated carbocycles. The molecule has 1 amide bonds. The summed E-state index contributed by atoms with van der Waals surface area (Å²) in [6.45, 7) is 0.513. The van der Waals surface area contributed by atoms with Crippen LogP contribution >= 0.6 is 0 Å². The molecule has 0 heterocycles. The number of amides is 1. The molecule has 158 valence electrons. The first kappa shape index (κ1) is 22.4. The van der Waals surface area contributed by atoms with Crippen LogP contribution in [0.25, 0.3) is 0 Å². The molecule has 0 aliphatic rings. The average molecular weight is 403 g/mol. The number of benzene rings is 2.